The van der Waals surface area contributed by atoms with Crippen molar-refractivity contribution in [3.63, 3.8) is 0 Å². The summed E-state index contributed by atoms with van der Waals surface area (Å²) in [6.07, 6.45) is 7.03. The molecule has 1 aliphatic heterocycles. The van der Waals surface area contributed by atoms with Gasteiger partial charge < -0.3 is 10.4 Å². The smallest absolute Gasteiger partial charge is 0.237 e. The highest BCUT2D eigenvalue weighted by Gasteiger charge is 2.27. The molecule has 16 heavy (non-hydrogen) atoms. The van der Waals surface area contributed by atoms with E-state index in [-0.39, 0.29) is 18.6 Å². The minimum Gasteiger partial charge on any atom is -0.396 e. The standard InChI is InChI=1S/C12H22N2O2/c1-2-3-4-5-8-14-9-7-13-12(16)11(14)6-10-15/h4-5,11,15H,2-3,6-10H2,1H3,(H,13,16)/b5-4+/t11-/m1/s1. The Morgan fingerprint density at radius 2 is 2.38 bits per heavy atom. The lowest BCUT2D eigenvalue weighted by Gasteiger charge is -2.33. The molecule has 0 radical (unpaired) electrons. The maximum absolute atomic E-state index is 11.6. The number of unbranched alkanes of at least 4 members (excludes halogenated alkanes) is 1. The van der Waals surface area contributed by atoms with Gasteiger partial charge in [-0.25, -0.2) is 0 Å². The summed E-state index contributed by atoms with van der Waals surface area (Å²) >= 11 is 0. The van der Waals surface area contributed by atoms with Crippen LogP contribution in [0.1, 0.15) is 26.2 Å². The highest BCUT2D eigenvalue weighted by molar-refractivity contribution is 5.82. The van der Waals surface area contributed by atoms with Crippen LogP contribution in [0.2, 0.25) is 0 Å². The molecule has 1 saturated heterocycles. The van der Waals surface area contributed by atoms with Crippen LogP contribution in [-0.4, -0.2) is 48.2 Å². The van der Waals surface area contributed by atoms with Crippen LogP contribution >= 0.6 is 0 Å². The summed E-state index contributed by atoms with van der Waals surface area (Å²) in [5.41, 5.74) is 0. The summed E-state index contributed by atoms with van der Waals surface area (Å²) in [7, 11) is 0. The number of carbonyl (C=O) groups is 1. The monoisotopic (exact) mass is 226 g/mol. The van der Waals surface area contributed by atoms with Gasteiger partial charge in [-0.2, -0.15) is 0 Å². The molecule has 0 aromatic carbocycles. The minimum absolute atomic E-state index is 0.0455. The summed E-state index contributed by atoms with van der Waals surface area (Å²) in [5.74, 6) is 0.0455. The molecule has 4 nitrogen and oxygen atoms in total. The Bertz CT molecular complexity index is 241. The zero-order valence-electron chi connectivity index (χ0n) is 9.98. The molecule has 0 spiro atoms. The number of nitrogens with one attached hydrogen (secondary N) is 1. The molecule has 0 saturated carbocycles. The molecule has 1 amide bonds. The highest BCUT2D eigenvalue weighted by Crippen LogP contribution is 2.08. The Kier molecular flexibility index (Phi) is 6.11. The van der Waals surface area contributed by atoms with Crippen LogP contribution in [-0.2, 0) is 4.79 Å². The molecule has 92 valence electrons. The molecule has 1 atom stereocenters. The predicted molar refractivity (Wildman–Crippen MR) is 64.1 cm³/mol. The lowest BCUT2D eigenvalue weighted by molar-refractivity contribution is -0.129. The van der Waals surface area contributed by atoms with E-state index in [9.17, 15) is 4.79 Å². The van der Waals surface area contributed by atoms with Gasteiger partial charge in [-0.1, -0.05) is 25.5 Å². The Morgan fingerprint density at radius 1 is 1.56 bits per heavy atom. The van der Waals surface area contributed by atoms with E-state index >= 15 is 0 Å². The van der Waals surface area contributed by atoms with Gasteiger partial charge in [0.25, 0.3) is 0 Å². The van der Waals surface area contributed by atoms with Crippen LogP contribution in [0, 0.1) is 0 Å². The molecule has 1 rings (SSSR count). The number of hydrogen-bond acceptors (Lipinski definition) is 3. The van der Waals surface area contributed by atoms with Gasteiger partial charge in [0, 0.05) is 26.2 Å². The topological polar surface area (TPSA) is 52.6 Å². The zero-order chi connectivity index (χ0) is 11.8. The number of allylic oxidation sites excluding steroid dienone is 1. The van der Waals surface area contributed by atoms with Crippen LogP contribution in [0.3, 0.4) is 0 Å². The van der Waals surface area contributed by atoms with Gasteiger partial charge in [0.1, 0.15) is 0 Å². The third-order valence-electron chi connectivity index (χ3n) is 2.81. The molecule has 0 aromatic heterocycles. The molecular formula is C12H22N2O2. The minimum atomic E-state index is -0.162. The lowest BCUT2D eigenvalue weighted by atomic mass is 10.1. The molecule has 1 fully saturated rings. The quantitative estimate of drug-likeness (QED) is 0.649. The van der Waals surface area contributed by atoms with Crippen LogP contribution in [0.25, 0.3) is 0 Å². The van der Waals surface area contributed by atoms with Crippen molar-refractivity contribution in [1.82, 2.24) is 10.2 Å². The zero-order valence-corrected chi connectivity index (χ0v) is 9.98. The molecule has 4 heteroatoms. The van der Waals surface area contributed by atoms with Crippen LogP contribution in [0.4, 0.5) is 0 Å². The van der Waals surface area contributed by atoms with Crippen molar-refractivity contribution in [3.8, 4) is 0 Å². The van der Waals surface area contributed by atoms with E-state index in [1.807, 2.05) is 0 Å². The second-order valence-electron chi connectivity index (χ2n) is 4.07. The number of aliphatic hydroxyl groups is 1. The molecule has 0 unspecified atom stereocenters. The number of rotatable bonds is 6. The van der Waals surface area contributed by atoms with Gasteiger partial charge in [0.05, 0.1) is 6.04 Å². The third-order valence-corrected chi connectivity index (χ3v) is 2.81. The maximum atomic E-state index is 11.6. The fourth-order valence-electron chi connectivity index (χ4n) is 1.91. The van der Waals surface area contributed by atoms with E-state index in [1.54, 1.807) is 0 Å². The largest absolute Gasteiger partial charge is 0.396 e. The SMILES string of the molecule is CCC/C=C/CN1CCNC(=O)[C@H]1CCO. The summed E-state index contributed by atoms with van der Waals surface area (Å²) < 4.78 is 0. The van der Waals surface area contributed by atoms with Crippen LogP contribution < -0.4 is 5.32 Å². The van der Waals surface area contributed by atoms with Gasteiger partial charge in [-0.15, -0.1) is 0 Å². The molecular weight excluding hydrogens is 204 g/mol. The molecule has 1 aliphatic rings. The number of carbonyl (C=O) groups excluding carboxylic acids is 1. The van der Waals surface area contributed by atoms with E-state index in [1.165, 1.54) is 0 Å². The molecule has 0 bridgehead atoms. The summed E-state index contributed by atoms with van der Waals surface area (Å²) in [6, 6.07) is -0.162. The van der Waals surface area contributed by atoms with Crippen molar-refractivity contribution >= 4 is 5.91 Å². The first-order valence-electron chi connectivity index (χ1n) is 6.07. The summed E-state index contributed by atoms with van der Waals surface area (Å²) in [4.78, 5) is 13.7. The van der Waals surface area contributed by atoms with Crippen molar-refractivity contribution in [1.29, 1.82) is 0 Å². The molecule has 0 aliphatic carbocycles. The average molecular weight is 226 g/mol. The third kappa shape index (κ3) is 3.94. The first-order valence-corrected chi connectivity index (χ1v) is 6.07. The average Bonchev–Trinajstić information content (AvgIpc) is 2.29. The number of hydrogen-bond donors (Lipinski definition) is 2. The predicted octanol–water partition coefficient (Wildman–Crippen LogP) is 0.526. The summed E-state index contributed by atoms with van der Waals surface area (Å²) in [6.45, 7) is 4.59. The Balaban J connectivity index is 2.44. The van der Waals surface area contributed by atoms with Crippen LogP contribution in [0.15, 0.2) is 12.2 Å². The Labute approximate surface area is 97.3 Å². The number of nitrogens with zero attached hydrogens (tertiary/aromatic N) is 1. The van der Waals surface area contributed by atoms with E-state index in [0.717, 1.165) is 25.9 Å². The fraction of sp³-hybridized carbons (Fsp3) is 0.750. The molecule has 0 aromatic rings. The second-order valence-corrected chi connectivity index (χ2v) is 4.07. The van der Waals surface area contributed by atoms with E-state index < -0.39 is 0 Å². The van der Waals surface area contributed by atoms with Crippen molar-refractivity contribution in [2.75, 3.05) is 26.2 Å². The fourth-order valence-corrected chi connectivity index (χ4v) is 1.91. The second kappa shape index (κ2) is 7.41. The van der Waals surface area contributed by atoms with Gasteiger partial charge in [0.15, 0.2) is 0 Å². The van der Waals surface area contributed by atoms with Crippen LogP contribution in [0.5, 0.6) is 0 Å². The first-order chi connectivity index (χ1) is 7.79. The Morgan fingerprint density at radius 3 is 3.06 bits per heavy atom. The van der Waals surface area contributed by atoms with Crippen molar-refractivity contribution in [2.45, 2.75) is 32.2 Å². The molecule has 2 N–H and O–H groups in total. The first kappa shape index (κ1) is 13.2. The van der Waals surface area contributed by atoms with E-state index in [2.05, 4.69) is 29.3 Å². The number of amides is 1. The van der Waals surface area contributed by atoms with E-state index in [0.29, 0.717) is 13.0 Å². The lowest BCUT2D eigenvalue weighted by Crippen LogP contribution is -2.55. The van der Waals surface area contributed by atoms with E-state index in [4.69, 9.17) is 5.11 Å². The highest BCUT2D eigenvalue weighted by atomic mass is 16.3. The number of piperazine rings is 1. The van der Waals surface area contributed by atoms with Gasteiger partial charge in [0.2, 0.25) is 5.91 Å². The van der Waals surface area contributed by atoms with Crippen molar-refractivity contribution < 1.29 is 9.90 Å². The van der Waals surface area contributed by atoms with Crippen molar-refractivity contribution in [3.05, 3.63) is 12.2 Å². The summed E-state index contributed by atoms with van der Waals surface area (Å²) in [5, 5.41) is 11.8. The van der Waals surface area contributed by atoms with Crippen molar-refractivity contribution in [2.24, 2.45) is 0 Å². The van der Waals surface area contributed by atoms with Gasteiger partial charge in [-0.3, -0.25) is 9.69 Å². The Hall–Kier alpha value is -0.870. The molecule has 1 heterocycles. The maximum Gasteiger partial charge on any atom is 0.237 e. The van der Waals surface area contributed by atoms with Gasteiger partial charge in [-0.05, 0) is 12.8 Å². The number of aliphatic hydroxyl groups excluding tert-OH is 1. The van der Waals surface area contributed by atoms with Gasteiger partial charge >= 0.3 is 0 Å². The normalized spacial score (nSPS) is 22.6.